The van der Waals surface area contributed by atoms with E-state index >= 15 is 0 Å². The Morgan fingerprint density at radius 2 is 1.69 bits per heavy atom. The van der Waals surface area contributed by atoms with Crippen LogP contribution >= 0.6 is 11.8 Å². The van der Waals surface area contributed by atoms with E-state index in [1.165, 1.54) is 37.0 Å². The van der Waals surface area contributed by atoms with Crippen molar-refractivity contribution in [1.29, 1.82) is 0 Å². The van der Waals surface area contributed by atoms with Crippen LogP contribution in [0.4, 0.5) is 0 Å². The topological polar surface area (TPSA) is 49.5 Å². The molecule has 0 radical (unpaired) electrons. The van der Waals surface area contributed by atoms with Crippen molar-refractivity contribution in [2.75, 3.05) is 18.8 Å². The largest absolute Gasteiger partial charge is 0.378 e. The minimum atomic E-state index is -1.09. The van der Waals surface area contributed by atoms with Crippen LogP contribution in [0.1, 0.15) is 68.9 Å². The number of rotatable bonds is 9. The second-order valence-electron chi connectivity index (χ2n) is 10.7. The lowest BCUT2D eigenvalue weighted by Gasteiger charge is -2.38. The van der Waals surface area contributed by atoms with E-state index in [1.54, 1.807) is 0 Å². The first-order valence-electron chi connectivity index (χ1n) is 13.8. The molecule has 1 aliphatic carbocycles. The summed E-state index contributed by atoms with van der Waals surface area (Å²) in [5.41, 5.74) is 0.516. The molecule has 1 aromatic heterocycles. The summed E-state index contributed by atoms with van der Waals surface area (Å²) in [5, 5.41) is 16.6. The molecule has 1 aliphatic heterocycles. The molecule has 0 amide bonds. The molecule has 1 N–H and O–H groups in total. The predicted molar refractivity (Wildman–Crippen MR) is 147 cm³/mol. The molecular formula is C31H40N2O2S. The molecule has 2 aliphatic rings. The highest BCUT2D eigenvalue weighted by atomic mass is 32.2. The molecule has 5 heteroatoms. The maximum atomic E-state index is 12.1. The molecule has 1 saturated heterocycles. The molecule has 1 saturated carbocycles. The van der Waals surface area contributed by atoms with E-state index in [4.69, 9.17) is 4.52 Å². The minimum absolute atomic E-state index is 0.172. The summed E-state index contributed by atoms with van der Waals surface area (Å²) >= 11 is 1.98. The molecule has 4 nitrogen and oxygen atoms in total. The Morgan fingerprint density at radius 1 is 0.972 bits per heavy atom. The van der Waals surface area contributed by atoms with E-state index in [0.29, 0.717) is 11.6 Å². The van der Waals surface area contributed by atoms with Gasteiger partial charge in [0.1, 0.15) is 11.3 Å². The van der Waals surface area contributed by atoms with Crippen molar-refractivity contribution >= 4 is 11.8 Å². The number of hydrogen-bond donors (Lipinski definition) is 1. The van der Waals surface area contributed by atoms with Gasteiger partial charge in [-0.1, -0.05) is 86.3 Å². The first-order valence-corrected chi connectivity index (χ1v) is 14.8. The number of aliphatic hydroxyl groups is 1. The molecule has 2 aromatic carbocycles. The zero-order valence-corrected chi connectivity index (χ0v) is 22.3. The van der Waals surface area contributed by atoms with Crippen LogP contribution in [0.5, 0.6) is 0 Å². The van der Waals surface area contributed by atoms with Gasteiger partial charge in [0.15, 0.2) is 5.76 Å². The Kier molecular flexibility index (Phi) is 8.51. The normalized spacial score (nSPS) is 23.4. The summed E-state index contributed by atoms with van der Waals surface area (Å²) in [7, 11) is 0. The molecule has 0 bridgehead atoms. The second kappa shape index (κ2) is 12.0. The van der Waals surface area contributed by atoms with Gasteiger partial charge in [0.2, 0.25) is 0 Å². The quantitative estimate of drug-likeness (QED) is 0.314. The maximum absolute atomic E-state index is 12.1. The van der Waals surface area contributed by atoms with E-state index in [9.17, 15) is 5.11 Å². The number of thioether (sulfide) groups is 1. The summed E-state index contributed by atoms with van der Waals surface area (Å²) < 4.78 is 5.89. The van der Waals surface area contributed by atoms with E-state index in [0.717, 1.165) is 55.5 Å². The van der Waals surface area contributed by atoms with E-state index in [1.807, 2.05) is 48.2 Å². The fraction of sp³-hybridized carbons (Fsp3) is 0.516. The molecule has 192 valence electrons. The third-order valence-electron chi connectivity index (χ3n) is 8.45. The Morgan fingerprint density at radius 3 is 2.42 bits per heavy atom. The van der Waals surface area contributed by atoms with Crippen LogP contribution in [-0.4, -0.2) is 34.0 Å². The first-order chi connectivity index (χ1) is 17.7. The van der Waals surface area contributed by atoms with E-state index in [2.05, 4.69) is 47.3 Å². The first kappa shape index (κ1) is 25.6. The van der Waals surface area contributed by atoms with Crippen LogP contribution in [0, 0.1) is 17.8 Å². The third kappa shape index (κ3) is 5.74. The zero-order valence-electron chi connectivity index (χ0n) is 21.5. The van der Waals surface area contributed by atoms with Crippen LogP contribution in [0.3, 0.4) is 0 Å². The lowest BCUT2D eigenvalue weighted by Crippen LogP contribution is -2.41. The lowest BCUT2D eigenvalue weighted by molar-refractivity contribution is -0.00682. The van der Waals surface area contributed by atoms with Crippen LogP contribution in [0.15, 0.2) is 76.1 Å². The number of piperidine rings is 1. The van der Waals surface area contributed by atoms with E-state index in [-0.39, 0.29) is 5.92 Å². The summed E-state index contributed by atoms with van der Waals surface area (Å²) in [5.74, 6) is 3.62. The fourth-order valence-corrected chi connectivity index (χ4v) is 7.47. The van der Waals surface area contributed by atoms with Gasteiger partial charge in [-0.05, 0) is 61.3 Å². The summed E-state index contributed by atoms with van der Waals surface area (Å²) in [4.78, 5) is 3.88. The summed E-state index contributed by atoms with van der Waals surface area (Å²) in [6.45, 7) is 5.26. The number of nitrogens with zero attached hydrogens (tertiary/aromatic N) is 2. The van der Waals surface area contributed by atoms with Gasteiger partial charge in [0.05, 0.1) is 6.54 Å². The van der Waals surface area contributed by atoms with E-state index < -0.39 is 5.60 Å². The molecular weight excluding hydrogens is 464 g/mol. The maximum Gasteiger partial charge on any atom is 0.151 e. The van der Waals surface area contributed by atoms with Crippen LogP contribution in [0.2, 0.25) is 0 Å². The highest BCUT2D eigenvalue weighted by Gasteiger charge is 2.43. The number of hydrogen-bond acceptors (Lipinski definition) is 5. The summed E-state index contributed by atoms with van der Waals surface area (Å²) in [6.07, 6.45) is 8.11. The smallest absolute Gasteiger partial charge is 0.151 e. The SMILES string of the molecule is CCC1CCN(Cc2cc(C(O)(c3ccccc3)C3CCCCC3)no2)CC1CSc1ccccc1. The van der Waals surface area contributed by atoms with Crippen molar-refractivity contribution < 1.29 is 9.63 Å². The van der Waals surface area contributed by atoms with Crippen molar-refractivity contribution in [3.05, 3.63) is 83.7 Å². The van der Waals surface area contributed by atoms with Gasteiger partial charge in [0, 0.05) is 23.3 Å². The standard InChI is InChI=1S/C31H40N2O2S/c1-2-24-18-19-33(21-25(24)23-36-29-16-10-5-11-17-29)22-28-20-30(32-35-28)31(34,26-12-6-3-7-13-26)27-14-8-4-9-15-27/h3,5-7,10-13,16-17,20,24-25,27,34H,2,4,8-9,14-15,18-19,21-23H2,1H3. The lowest BCUT2D eigenvalue weighted by atomic mass is 9.71. The Labute approximate surface area is 220 Å². The van der Waals surface area contributed by atoms with Gasteiger partial charge in [0.25, 0.3) is 0 Å². The Balaban J connectivity index is 1.29. The predicted octanol–water partition coefficient (Wildman–Crippen LogP) is 7.13. The van der Waals surface area contributed by atoms with Gasteiger partial charge in [-0.15, -0.1) is 11.8 Å². The average molecular weight is 505 g/mol. The monoisotopic (exact) mass is 504 g/mol. The van der Waals surface area contributed by atoms with Crippen molar-refractivity contribution in [1.82, 2.24) is 10.1 Å². The molecule has 36 heavy (non-hydrogen) atoms. The molecule has 3 atom stereocenters. The van der Waals surface area contributed by atoms with Crippen molar-refractivity contribution in [3.8, 4) is 0 Å². The van der Waals surface area contributed by atoms with Crippen LogP contribution in [0.25, 0.3) is 0 Å². The molecule has 3 unspecified atom stereocenters. The van der Waals surface area contributed by atoms with Gasteiger partial charge >= 0.3 is 0 Å². The Hall–Kier alpha value is -2.08. The van der Waals surface area contributed by atoms with Crippen LogP contribution < -0.4 is 0 Å². The highest BCUT2D eigenvalue weighted by molar-refractivity contribution is 7.99. The van der Waals surface area contributed by atoms with Crippen molar-refractivity contribution in [3.63, 3.8) is 0 Å². The van der Waals surface area contributed by atoms with Crippen LogP contribution in [-0.2, 0) is 12.1 Å². The minimum Gasteiger partial charge on any atom is -0.378 e. The van der Waals surface area contributed by atoms with Crippen molar-refractivity contribution in [2.45, 2.75) is 68.9 Å². The molecule has 5 rings (SSSR count). The van der Waals surface area contributed by atoms with Gasteiger partial charge < -0.3 is 9.63 Å². The Bertz CT molecular complexity index is 1070. The van der Waals surface area contributed by atoms with Gasteiger partial charge in [-0.25, -0.2) is 0 Å². The molecule has 2 heterocycles. The molecule has 2 fully saturated rings. The van der Waals surface area contributed by atoms with Crippen molar-refractivity contribution in [2.24, 2.45) is 17.8 Å². The zero-order chi connectivity index (χ0) is 24.8. The third-order valence-corrected chi connectivity index (χ3v) is 9.65. The molecule has 3 aromatic rings. The average Bonchev–Trinajstić information content (AvgIpc) is 3.42. The second-order valence-corrected chi connectivity index (χ2v) is 11.8. The number of benzene rings is 2. The van der Waals surface area contributed by atoms with Gasteiger partial charge in [-0.3, -0.25) is 4.90 Å². The molecule has 0 spiro atoms. The highest BCUT2D eigenvalue weighted by Crippen LogP contribution is 2.44. The number of likely N-dealkylation sites (tertiary alicyclic amines) is 1. The number of aromatic nitrogens is 1. The van der Waals surface area contributed by atoms with Gasteiger partial charge in [-0.2, -0.15) is 0 Å². The summed E-state index contributed by atoms with van der Waals surface area (Å²) in [6, 6.07) is 22.9. The fourth-order valence-electron chi connectivity index (χ4n) is 6.34.